The topological polar surface area (TPSA) is 16.8 Å². The molecule has 338 valence electrons. The number of benzene rings is 6. The molecule has 7 aromatic rings. The fraction of sp³-hybridized carbons (Fsp3) is 0.0244. The van der Waals surface area contributed by atoms with Crippen LogP contribution in [0.25, 0.3) is 11.3 Å². The van der Waals surface area contributed by atoms with Crippen LogP contribution in [0.2, 0.25) is 0 Å². The third-order valence-corrected chi connectivity index (χ3v) is 10.2. The number of hydrogen-bond donors (Lipinski definition) is 1. The zero-order chi connectivity index (χ0) is 48.1. The quantitative estimate of drug-likeness (QED) is 0.0422. The minimum atomic E-state index is -7.22. The summed E-state index contributed by atoms with van der Waals surface area (Å²) in [6, 6.07) is 18.4. The lowest BCUT2D eigenvalue weighted by Crippen LogP contribution is -2.81. The molecule has 0 aliphatic heterocycles. The third kappa shape index (κ3) is 7.79. The van der Waals surface area contributed by atoms with Gasteiger partial charge in [0.15, 0.2) is 88.7 Å². The van der Waals surface area contributed by atoms with E-state index in [4.69, 9.17) is 0 Å². The Hall–Kier alpha value is -6.59. The van der Waals surface area contributed by atoms with Crippen molar-refractivity contribution in [3.63, 3.8) is 0 Å². The molecule has 0 unspecified atom stereocenters. The normalized spacial score (nSPS) is 11.5. The van der Waals surface area contributed by atoms with Gasteiger partial charge in [0.2, 0.25) is 0 Å². The van der Waals surface area contributed by atoms with E-state index in [1.165, 1.54) is 5.56 Å². The number of hydrogen-bond acceptors (Lipinski definition) is 2. The van der Waals surface area contributed by atoms with Crippen molar-refractivity contribution in [1.29, 1.82) is 0 Å². The van der Waals surface area contributed by atoms with E-state index in [2.05, 4.69) is 52.6 Å². The van der Waals surface area contributed by atoms with Crippen LogP contribution < -0.4 is 26.4 Å². The highest BCUT2D eigenvalue weighted by atomic mass is 32.1. The van der Waals surface area contributed by atoms with Gasteiger partial charge in [-0.15, -0.1) is 34.5 Å². The van der Waals surface area contributed by atoms with Crippen molar-refractivity contribution in [2.75, 3.05) is 0 Å². The Bertz CT molecular complexity index is 2660. The Morgan fingerprint density at radius 1 is 0.385 bits per heavy atom. The van der Waals surface area contributed by atoms with E-state index in [0.29, 0.717) is 0 Å². The molecule has 6 aromatic carbocycles. The molecule has 0 radical (unpaired) electrons. The molecule has 0 spiro atoms. The number of thiol groups is 1. The molecule has 0 aliphatic rings. The van der Waals surface area contributed by atoms with E-state index in [1.54, 1.807) is 0 Å². The summed E-state index contributed by atoms with van der Waals surface area (Å²) in [5, 5.41) is 0. The van der Waals surface area contributed by atoms with Gasteiger partial charge in [-0.1, -0.05) is 48.5 Å². The molecule has 0 fully saturated rings. The van der Waals surface area contributed by atoms with Crippen LogP contribution in [0, 0.1) is 116 Å². The maximum atomic E-state index is 15.4. The predicted molar refractivity (Wildman–Crippen MR) is 192 cm³/mol. The van der Waals surface area contributed by atoms with E-state index < -0.39 is 144 Å². The first kappa shape index (κ1) is 47.9. The van der Waals surface area contributed by atoms with Gasteiger partial charge in [0.25, 0.3) is 0 Å². The molecule has 65 heavy (non-hydrogen) atoms. The Morgan fingerprint density at radius 3 is 1.00 bits per heavy atom. The first-order chi connectivity index (χ1) is 30.5. The molecule has 24 heteroatoms. The molecule has 7 rings (SSSR count). The van der Waals surface area contributed by atoms with Crippen LogP contribution in [0.5, 0.6) is 0 Å². The third-order valence-electron chi connectivity index (χ3n) is 9.85. The summed E-state index contributed by atoms with van der Waals surface area (Å²) in [6.07, 6.45) is -1.34. The lowest BCUT2D eigenvalue weighted by Gasteiger charge is -2.44. The molecule has 0 N–H and O–H groups in total. The van der Waals surface area contributed by atoms with Gasteiger partial charge >= 0.3 is 0 Å². The Labute approximate surface area is 355 Å². The minimum Gasteiger partial charge on any atom is -0.244 e. The summed E-state index contributed by atoms with van der Waals surface area (Å²) >= 11 is 4.49. The Morgan fingerprint density at radius 2 is 0.677 bits per heavy atom. The summed E-state index contributed by atoms with van der Waals surface area (Å²) in [5.41, 5.74) is -11.1. The van der Waals surface area contributed by atoms with Crippen LogP contribution in [0.3, 0.4) is 0 Å². The second-order valence-electron chi connectivity index (χ2n) is 13.4. The minimum absolute atomic E-state index is 0.838. The summed E-state index contributed by atoms with van der Waals surface area (Å²) in [6.45, 7) is 0.838. The number of rotatable bonds is 7. The van der Waals surface area contributed by atoms with Crippen molar-refractivity contribution in [3.05, 3.63) is 195 Å². The van der Waals surface area contributed by atoms with Crippen LogP contribution >= 0.6 is 12.6 Å². The molecule has 0 bridgehead atoms. The molecule has 0 aliphatic carbocycles. The monoisotopic (exact) mass is 958 g/mol. The van der Waals surface area contributed by atoms with E-state index in [-0.39, 0.29) is 0 Å². The second-order valence-corrected chi connectivity index (χ2v) is 13.9. The van der Waals surface area contributed by atoms with Gasteiger partial charge in [-0.2, -0.15) is 4.57 Å². The van der Waals surface area contributed by atoms with Crippen LogP contribution in [-0.4, -0.2) is 11.1 Å². The van der Waals surface area contributed by atoms with E-state index in [0.717, 1.165) is 22.7 Å². The van der Waals surface area contributed by atoms with Crippen molar-refractivity contribution in [2.24, 2.45) is 0 Å². The van der Waals surface area contributed by atoms with Gasteiger partial charge in [-0.05, 0) is 6.07 Å². The van der Waals surface area contributed by atoms with E-state index in [1.807, 2.05) is 42.7 Å². The predicted octanol–water partition coefficient (Wildman–Crippen LogP) is 9.22. The fourth-order valence-corrected chi connectivity index (χ4v) is 7.30. The van der Waals surface area contributed by atoms with Gasteiger partial charge in [-0.25, -0.2) is 92.8 Å². The molecule has 1 aromatic heterocycles. The molecule has 0 saturated heterocycles. The summed E-state index contributed by atoms with van der Waals surface area (Å²) in [4.78, 5) is 5.38. The van der Waals surface area contributed by atoms with Crippen molar-refractivity contribution >= 4 is 40.6 Å². The van der Waals surface area contributed by atoms with Gasteiger partial charge in [0, 0.05) is 16.0 Å². The largest absolute Gasteiger partial charge is 0.244 e. The molecular weight excluding hydrogens is 943 g/mol. The van der Waals surface area contributed by atoms with Crippen molar-refractivity contribution in [2.45, 2.75) is 11.4 Å². The zero-order valence-corrected chi connectivity index (χ0v) is 32.0. The first-order valence-corrected chi connectivity index (χ1v) is 17.9. The summed E-state index contributed by atoms with van der Waals surface area (Å²) < 4.78 is 296. The van der Waals surface area contributed by atoms with Gasteiger partial charge in [0.1, 0.15) is 58.4 Å². The average molecular weight is 958 g/mol. The summed E-state index contributed by atoms with van der Waals surface area (Å²) in [7, 11) is 0. The number of nitrogens with zero attached hydrogens (tertiary/aromatic N) is 2. The molecule has 0 atom stereocenters. The fourth-order valence-electron chi connectivity index (χ4n) is 7.03. The maximum Gasteiger partial charge on any atom is 0.200 e. The van der Waals surface area contributed by atoms with Crippen LogP contribution in [0.15, 0.2) is 78.1 Å². The van der Waals surface area contributed by atoms with Crippen molar-refractivity contribution in [3.8, 4) is 11.3 Å². The zero-order valence-electron chi connectivity index (χ0n) is 31.1. The molecule has 1 heterocycles. The molecule has 2 nitrogen and oxygen atoms in total. The maximum absolute atomic E-state index is 15.4. The lowest BCUT2D eigenvalue weighted by molar-refractivity contribution is -0.688. The highest BCUT2D eigenvalue weighted by molar-refractivity contribution is 7.80. The SMILES string of the molecule is Fc1c(F)c(F)c([B-](c2c(F)c(F)c(F)c(F)c2F)(c2c(F)c(F)c(F)c(F)c2F)c2c(F)c(F)c(F)c(F)c2F)c(F)c1F.Sc1ccccc1-c1c[n+](Cc2ccccc2)ccn1. The lowest BCUT2D eigenvalue weighted by atomic mass is 9.12. The first-order valence-electron chi connectivity index (χ1n) is 17.4. The smallest absolute Gasteiger partial charge is 0.200 e. The van der Waals surface area contributed by atoms with Gasteiger partial charge in [0.05, 0.1) is 6.20 Å². The van der Waals surface area contributed by atoms with Gasteiger partial charge in [-0.3, -0.25) is 0 Å². The highest BCUT2D eigenvalue weighted by Crippen LogP contribution is 2.31. The number of halogens is 20. The Kier molecular flexibility index (Phi) is 13.4. The molecule has 0 saturated carbocycles. The number of aromatic nitrogens is 2. The van der Waals surface area contributed by atoms with Crippen LogP contribution in [-0.2, 0) is 6.54 Å². The van der Waals surface area contributed by atoms with E-state index in [9.17, 15) is 52.7 Å². The standard InChI is InChI=1S/C24BF20.C17H14N2S/c26-5-1(6(27)14(35)21(42)13(5)34)25(2-7(28)15(36)22(43)16(37)8(2)29,3-9(30)17(38)23(44)18(39)10(3)31)4-11(32)19(40)24(45)20(41)12(4)33;20-17-9-5-4-8-15(17)16-13-19(11-10-18-16)12-14-6-2-1-3-7-14/h;1-11,13H,12H2/q-1;/p+1. The van der Waals surface area contributed by atoms with Crippen LogP contribution in [0.4, 0.5) is 87.8 Å². The van der Waals surface area contributed by atoms with Crippen LogP contribution in [0.1, 0.15) is 5.56 Å². The second kappa shape index (κ2) is 18.1. The summed E-state index contributed by atoms with van der Waals surface area (Å²) in [5.74, 6) is -71.4. The van der Waals surface area contributed by atoms with Gasteiger partial charge < -0.3 is 0 Å². The van der Waals surface area contributed by atoms with E-state index >= 15 is 35.1 Å². The molecular formula is C41H15BF20N2S. The average Bonchev–Trinajstić information content (AvgIpc) is 3.29. The highest BCUT2D eigenvalue weighted by Gasteiger charge is 2.52. The van der Waals surface area contributed by atoms with Crippen molar-refractivity contribution < 1.29 is 92.4 Å². The van der Waals surface area contributed by atoms with Crippen molar-refractivity contribution in [1.82, 2.24) is 4.98 Å². The molecule has 0 amide bonds. The Balaban J connectivity index is 0.000000289.